The van der Waals surface area contributed by atoms with E-state index >= 15 is 0 Å². The van der Waals surface area contributed by atoms with Crippen LogP contribution in [0.5, 0.6) is 0 Å². The number of unbranched alkanes of at least 4 members (excludes halogenated alkanes) is 3. The van der Waals surface area contributed by atoms with E-state index in [1.807, 2.05) is 12.1 Å². The molecule has 0 aliphatic heterocycles. The molecule has 1 aromatic heterocycles. The maximum atomic E-state index is 12.1. The van der Waals surface area contributed by atoms with Gasteiger partial charge in [0.15, 0.2) is 5.78 Å². The van der Waals surface area contributed by atoms with Crippen molar-refractivity contribution in [3.8, 4) is 0 Å². The summed E-state index contributed by atoms with van der Waals surface area (Å²) in [7, 11) is 0. The van der Waals surface area contributed by atoms with Crippen molar-refractivity contribution in [1.82, 2.24) is 0 Å². The van der Waals surface area contributed by atoms with Gasteiger partial charge in [0.1, 0.15) is 0 Å². The van der Waals surface area contributed by atoms with Gasteiger partial charge in [0, 0.05) is 16.7 Å². The van der Waals surface area contributed by atoms with Crippen LogP contribution in [0.2, 0.25) is 0 Å². The van der Waals surface area contributed by atoms with Gasteiger partial charge in [0.05, 0.1) is 0 Å². The molecule has 2 heteroatoms. The second-order valence-electron chi connectivity index (χ2n) is 4.38. The molecule has 0 N–H and O–H groups in total. The average molecular weight is 246 g/mol. The van der Waals surface area contributed by atoms with Gasteiger partial charge < -0.3 is 0 Å². The van der Waals surface area contributed by atoms with Crippen molar-refractivity contribution in [3.63, 3.8) is 0 Å². The van der Waals surface area contributed by atoms with Crippen LogP contribution < -0.4 is 0 Å². The molecule has 17 heavy (non-hydrogen) atoms. The maximum Gasteiger partial charge on any atom is 0.164 e. The molecule has 0 spiro atoms. The van der Waals surface area contributed by atoms with Gasteiger partial charge in [-0.25, -0.2) is 0 Å². The van der Waals surface area contributed by atoms with Crippen LogP contribution in [-0.2, 0) is 0 Å². The summed E-state index contributed by atoms with van der Waals surface area (Å²) < 4.78 is 1.15. The van der Waals surface area contributed by atoms with E-state index in [2.05, 4.69) is 24.4 Å². The molecule has 90 valence electrons. The van der Waals surface area contributed by atoms with Crippen molar-refractivity contribution < 1.29 is 4.79 Å². The molecule has 0 aliphatic carbocycles. The fraction of sp³-hybridized carbons (Fsp3) is 0.400. The SMILES string of the molecule is CCCCCCC(=O)c1cccc2ccsc12. The minimum absolute atomic E-state index is 0.300. The summed E-state index contributed by atoms with van der Waals surface area (Å²) in [4.78, 5) is 12.1. The van der Waals surface area contributed by atoms with Crippen LogP contribution in [-0.4, -0.2) is 5.78 Å². The molecule has 0 saturated carbocycles. The number of hydrogen-bond donors (Lipinski definition) is 0. The highest BCUT2D eigenvalue weighted by Gasteiger charge is 2.10. The number of carbonyl (C=O) groups excluding carboxylic acids is 1. The molecule has 1 aromatic carbocycles. The van der Waals surface area contributed by atoms with E-state index in [4.69, 9.17) is 0 Å². The lowest BCUT2D eigenvalue weighted by Crippen LogP contribution is -1.98. The van der Waals surface area contributed by atoms with Crippen LogP contribution in [0.3, 0.4) is 0 Å². The summed E-state index contributed by atoms with van der Waals surface area (Å²) in [6, 6.07) is 8.09. The molecule has 0 atom stereocenters. The van der Waals surface area contributed by atoms with E-state index < -0.39 is 0 Å². The smallest absolute Gasteiger partial charge is 0.164 e. The maximum absolute atomic E-state index is 12.1. The fourth-order valence-corrected chi connectivity index (χ4v) is 2.99. The Morgan fingerprint density at radius 1 is 1.18 bits per heavy atom. The Balaban J connectivity index is 2.06. The van der Waals surface area contributed by atoms with E-state index in [1.165, 1.54) is 24.6 Å². The lowest BCUT2D eigenvalue weighted by atomic mass is 10.0. The van der Waals surface area contributed by atoms with Gasteiger partial charge in [0.2, 0.25) is 0 Å². The van der Waals surface area contributed by atoms with Crippen LogP contribution >= 0.6 is 11.3 Å². The number of Topliss-reactive ketones (excluding diaryl/α,β-unsaturated/α-hetero) is 1. The predicted octanol–water partition coefficient (Wildman–Crippen LogP) is 5.05. The third-order valence-electron chi connectivity index (χ3n) is 3.04. The van der Waals surface area contributed by atoms with Gasteiger partial charge in [-0.3, -0.25) is 4.79 Å². The van der Waals surface area contributed by atoms with Crippen LogP contribution in [0.25, 0.3) is 10.1 Å². The molecule has 0 saturated heterocycles. The van der Waals surface area contributed by atoms with Gasteiger partial charge in [-0.1, -0.05) is 38.3 Å². The first kappa shape index (κ1) is 12.3. The molecular formula is C15H18OS. The third kappa shape index (κ3) is 2.95. The molecule has 0 unspecified atom stereocenters. The molecule has 0 bridgehead atoms. The van der Waals surface area contributed by atoms with Crippen molar-refractivity contribution in [2.24, 2.45) is 0 Å². The summed E-state index contributed by atoms with van der Waals surface area (Å²) >= 11 is 1.67. The number of fused-ring (bicyclic) bond motifs is 1. The van der Waals surface area contributed by atoms with E-state index in [-0.39, 0.29) is 0 Å². The average Bonchev–Trinajstić information content (AvgIpc) is 2.82. The van der Waals surface area contributed by atoms with Gasteiger partial charge >= 0.3 is 0 Å². The monoisotopic (exact) mass is 246 g/mol. The topological polar surface area (TPSA) is 17.1 Å². The quantitative estimate of drug-likeness (QED) is 0.514. The molecule has 0 amide bonds. The van der Waals surface area contributed by atoms with E-state index in [1.54, 1.807) is 11.3 Å². The fourth-order valence-electron chi connectivity index (χ4n) is 2.06. The minimum atomic E-state index is 0.300. The molecule has 0 aliphatic rings. The molecule has 2 rings (SSSR count). The van der Waals surface area contributed by atoms with Gasteiger partial charge in [0.25, 0.3) is 0 Å². The lowest BCUT2D eigenvalue weighted by molar-refractivity contribution is 0.0981. The van der Waals surface area contributed by atoms with E-state index in [9.17, 15) is 4.79 Å². The Hall–Kier alpha value is -1.15. The Morgan fingerprint density at radius 2 is 2.06 bits per heavy atom. The number of carbonyl (C=O) groups is 1. The van der Waals surface area contributed by atoms with Crippen LogP contribution in [0.15, 0.2) is 29.6 Å². The molecule has 2 aromatic rings. The summed E-state index contributed by atoms with van der Waals surface area (Å²) in [5, 5.41) is 3.24. The zero-order valence-electron chi connectivity index (χ0n) is 10.2. The first-order valence-corrected chi connectivity index (χ1v) is 7.20. The summed E-state index contributed by atoms with van der Waals surface area (Å²) in [5.74, 6) is 0.300. The third-order valence-corrected chi connectivity index (χ3v) is 4.00. The Labute approximate surface area is 106 Å². The Morgan fingerprint density at radius 3 is 2.88 bits per heavy atom. The summed E-state index contributed by atoms with van der Waals surface area (Å²) in [5.41, 5.74) is 0.911. The van der Waals surface area contributed by atoms with Crippen molar-refractivity contribution in [2.45, 2.75) is 39.0 Å². The normalized spacial score (nSPS) is 10.9. The first-order chi connectivity index (χ1) is 8.33. The zero-order chi connectivity index (χ0) is 12.1. The lowest BCUT2D eigenvalue weighted by Gasteiger charge is -2.02. The van der Waals surface area contributed by atoms with Crippen LogP contribution in [0, 0.1) is 0 Å². The Bertz CT molecular complexity index is 498. The highest BCUT2D eigenvalue weighted by molar-refractivity contribution is 7.17. The molecular weight excluding hydrogens is 228 g/mol. The summed E-state index contributed by atoms with van der Waals surface area (Å²) in [6.45, 7) is 2.19. The number of hydrogen-bond acceptors (Lipinski definition) is 2. The highest BCUT2D eigenvalue weighted by atomic mass is 32.1. The second kappa shape index (κ2) is 5.97. The molecule has 1 nitrogen and oxygen atoms in total. The molecule has 0 fully saturated rings. The summed E-state index contributed by atoms with van der Waals surface area (Å²) in [6.07, 6.45) is 5.33. The van der Waals surface area contributed by atoms with Crippen molar-refractivity contribution in [2.75, 3.05) is 0 Å². The van der Waals surface area contributed by atoms with Crippen molar-refractivity contribution >= 4 is 27.2 Å². The zero-order valence-corrected chi connectivity index (χ0v) is 11.1. The minimum Gasteiger partial charge on any atom is -0.294 e. The van der Waals surface area contributed by atoms with Gasteiger partial charge in [-0.2, -0.15) is 0 Å². The molecule has 0 radical (unpaired) electrons. The standard InChI is InChI=1S/C15H18OS/c1-2-3-4-5-9-14(16)13-8-6-7-12-10-11-17-15(12)13/h6-8,10-11H,2-5,9H2,1H3. The largest absolute Gasteiger partial charge is 0.294 e. The number of thiophene rings is 1. The Kier molecular flexibility index (Phi) is 4.32. The highest BCUT2D eigenvalue weighted by Crippen LogP contribution is 2.26. The van der Waals surface area contributed by atoms with Crippen molar-refractivity contribution in [1.29, 1.82) is 0 Å². The van der Waals surface area contributed by atoms with Gasteiger partial charge in [-0.15, -0.1) is 11.3 Å². The number of ketones is 1. The van der Waals surface area contributed by atoms with E-state index in [0.29, 0.717) is 12.2 Å². The second-order valence-corrected chi connectivity index (χ2v) is 5.29. The van der Waals surface area contributed by atoms with Gasteiger partial charge in [-0.05, 0) is 29.3 Å². The van der Waals surface area contributed by atoms with Crippen LogP contribution in [0.1, 0.15) is 49.4 Å². The van der Waals surface area contributed by atoms with Crippen LogP contribution in [0.4, 0.5) is 0 Å². The predicted molar refractivity (Wildman–Crippen MR) is 74.9 cm³/mol. The number of benzene rings is 1. The van der Waals surface area contributed by atoms with Crippen molar-refractivity contribution in [3.05, 3.63) is 35.2 Å². The molecule has 1 heterocycles. The number of rotatable bonds is 6. The van der Waals surface area contributed by atoms with E-state index in [0.717, 1.165) is 16.7 Å². The first-order valence-electron chi connectivity index (χ1n) is 6.32.